The largest absolute Gasteiger partial charge is 0.396 e. The molecule has 2 fully saturated rings. The van der Waals surface area contributed by atoms with Crippen LogP contribution < -0.4 is 10.6 Å². The van der Waals surface area contributed by atoms with Crippen LogP contribution in [-0.4, -0.2) is 42.6 Å². The Morgan fingerprint density at radius 1 is 1.22 bits per heavy atom. The molecule has 1 aliphatic heterocycles. The first-order valence-corrected chi connectivity index (χ1v) is 7.01. The molecule has 1 saturated carbocycles. The first kappa shape index (κ1) is 11.8. The molecular formula is C14H22N4. The third-order valence-electron chi connectivity index (χ3n) is 4.23. The molecule has 1 saturated heterocycles. The standard InChI is InChI=1S/C14H22N4/c15-13-5-2-6-16-14(13)18-9-7-17(8-10-18)11-12-3-1-4-12/h2,5-6,12H,1,3-4,7-11,15H2. The van der Waals surface area contributed by atoms with Gasteiger partial charge in [0.05, 0.1) is 5.69 Å². The third kappa shape index (κ3) is 2.43. The van der Waals surface area contributed by atoms with Crippen molar-refractivity contribution in [1.82, 2.24) is 9.88 Å². The molecule has 0 amide bonds. The number of anilines is 2. The van der Waals surface area contributed by atoms with Gasteiger partial charge in [-0.05, 0) is 30.9 Å². The summed E-state index contributed by atoms with van der Waals surface area (Å²) >= 11 is 0. The van der Waals surface area contributed by atoms with Gasteiger partial charge in [0.2, 0.25) is 0 Å². The van der Waals surface area contributed by atoms with Gasteiger partial charge in [-0.2, -0.15) is 0 Å². The van der Waals surface area contributed by atoms with Crippen molar-refractivity contribution < 1.29 is 0 Å². The van der Waals surface area contributed by atoms with Crippen LogP contribution in [0.25, 0.3) is 0 Å². The summed E-state index contributed by atoms with van der Waals surface area (Å²) in [4.78, 5) is 9.31. The molecule has 4 nitrogen and oxygen atoms in total. The van der Waals surface area contributed by atoms with Crippen molar-refractivity contribution in [2.45, 2.75) is 19.3 Å². The Hall–Kier alpha value is -1.29. The zero-order valence-electron chi connectivity index (χ0n) is 10.9. The topological polar surface area (TPSA) is 45.4 Å². The van der Waals surface area contributed by atoms with E-state index in [0.717, 1.165) is 43.6 Å². The van der Waals surface area contributed by atoms with Crippen molar-refractivity contribution in [1.29, 1.82) is 0 Å². The van der Waals surface area contributed by atoms with Gasteiger partial charge in [0.15, 0.2) is 5.82 Å². The van der Waals surface area contributed by atoms with E-state index in [1.165, 1.54) is 25.8 Å². The molecule has 1 aliphatic carbocycles. The summed E-state index contributed by atoms with van der Waals surface area (Å²) in [5.74, 6) is 1.93. The minimum Gasteiger partial charge on any atom is -0.396 e. The molecule has 98 valence electrons. The molecule has 18 heavy (non-hydrogen) atoms. The van der Waals surface area contributed by atoms with E-state index < -0.39 is 0 Å². The maximum absolute atomic E-state index is 5.98. The van der Waals surface area contributed by atoms with Gasteiger partial charge in [-0.3, -0.25) is 4.90 Å². The zero-order chi connectivity index (χ0) is 12.4. The SMILES string of the molecule is Nc1cccnc1N1CCN(CC2CCC2)CC1. The Bertz CT molecular complexity index is 395. The summed E-state index contributed by atoms with van der Waals surface area (Å²) in [6.45, 7) is 5.69. The summed E-state index contributed by atoms with van der Waals surface area (Å²) in [6.07, 6.45) is 6.14. The molecule has 2 aliphatic rings. The smallest absolute Gasteiger partial charge is 0.151 e. The average Bonchev–Trinajstić information content (AvgIpc) is 2.35. The molecule has 4 heteroatoms. The van der Waals surface area contributed by atoms with Crippen molar-refractivity contribution in [2.75, 3.05) is 43.4 Å². The molecule has 0 aromatic carbocycles. The van der Waals surface area contributed by atoms with E-state index >= 15 is 0 Å². The lowest BCUT2D eigenvalue weighted by Gasteiger charge is -2.39. The quantitative estimate of drug-likeness (QED) is 0.879. The number of hydrogen-bond donors (Lipinski definition) is 1. The van der Waals surface area contributed by atoms with E-state index in [1.54, 1.807) is 0 Å². The van der Waals surface area contributed by atoms with Crippen LogP contribution in [-0.2, 0) is 0 Å². The third-order valence-corrected chi connectivity index (χ3v) is 4.23. The maximum Gasteiger partial charge on any atom is 0.151 e. The number of nitrogens with zero attached hydrogens (tertiary/aromatic N) is 3. The summed E-state index contributed by atoms with van der Waals surface area (Å²) < 4.78 is 0. The van der Waals surface area contributed by atoms with Crippen LogP contribution in [0, 0.1) is 5.92 Å². The number of rotatable bonds is 3. The Labute approximate surface area is 109 Å². The lowest BCUT2D eigenvalue weighted by atomic mass is 9.85. The van der Waals surface area contributed by atoms with E-state index in [2.05, 4.69) is 14.8 Å². The molecule has 1 aromatic rings. The fourth-order valence-electron chi connectivity index (χ4n) is 2.86. The van der Waals surface area contributed by atoms with E-state index in [4.69, 9.17) is 5.73 Å². The molecule has 0 atom stereocenters. The highest BCUT2D eigenvalue weighted by atomic mass is 15.3. The second-order valence-electron chi connectivity index (χ2n) is 5.50. The van der Waals surface area contributed by atoms with E-state index in [0.29, 0.717) is 0 Å². The highest BCUT2D eigenvalue weighted by molar-refractivity contribution is 5.62. The van der Waals surface area contributed by atoms with Crippen molar-refractivity contribution >= 4 is 11.5 Å². The summed E-state index contributed by atoms with van der Waals surface area (Å²) in [5.41, 5.74) is 6.78. The minimum absolute atomic E-state index is 0.796. The van der Waals surface area contributed by atoms with E-state index in [-0.39, 0.29) is 0 Å². The van der Waals surface area contributed by atoms with Gasteiger partial charge in [-0.15, -0.1) is 0 Å². The molecule has 2 heterocycles. The Morgan fingerprint density at radius 2 is 2.00 bits per heavy atom. The number of nitrogens with two attached hydrogens (primary N) is 1. The van der Waals surface area contributed by atoms with Crippen LogP contribution in [0.5, 0.6) is 0 Å². The van der Waals surface area contributed by atoms with Gasteiger partial charge in [0, 0.05) is 38.9 Å². The summed E-state index contributed by atoms with van der Waals surface area (Å²) in [6, 6.07) is 3.83. The molecule has 0 radical (unpaired) electrons. The minimum atomic E-state index is 0.796. The number of hydrogen-bond acceptors (Lipinski definition) is 4. The van der Waals surface area contributed by atoms with Gasteiger partial charge < -0.3 is 10.6 Å². The monoisotopic (exact) mass is 246 g/mol. The van der Waals surface area contributed by atoms with E-state index in [9.17, 15) is 0 Å². The Balaban J connectivity index is 1.54. The molecule has 3 rings (SSSR count). The molecular weight excluding hydrogens is 224 g/mol. The van der Waals surface area contributed by atoms with Gasteiger partial charge in [-0.25, -0.2) is 4.98 Å². The van der Waals surface area contributed by atoms with Gasteiger partial charge in [0.1, 0.15) is 0 Å². The van der Waals surface area contributed by atoms with Crippen molar-refractivity contribution in [3.8, 4) is 0 Å². The van der Waals surface area contributed by atoms with Crippen LogP contribution in [0.2, 0.25) is 0 Å². The maximum atomic E-state index is 5.98. The second kappa shape index (κ2) is 5.14. The summed E-state index contributed by atoms with van der Waals surface area (Å²) in [7, 11) is 0. The number of aromatic nitrogens is 1. The summed E-state index contributed by atoms with van der Waals surface area (Å²) in [5, 5.41) is 0. The number of piperazine rings is 1. The average molecular weight is 246 g/mol. The highest BCUT2D eigenvalue weighted by Crippen LogP contribution is 2.28. The Kier molecular flexibility index (Phi) is 3.37. The van der Waals surface area contributed by atoms with E-state index in [1.807, 2.05) is 18.3 Å². The fourth-order valence-corrected chi connectivity index (χ4v) is 2.86. The molecule has 1 aromatic heterocycles. The molecule has 0 spiro atoms. The lowest BCUT2D eigenvalue weighted by molar-refractivity contribution is 0.170. The molecule has 0 unspecified atom stereocenters. The van der Waals surface area contributed by atoms with Crippen LogP contribution in [0.4, 0.5) is 11.5 Å². The van der Waals surface area contributed by atoms with Crippen LogP contribution in [0.15, 0.2) is 18.3 Å². The first-order valence-electron chi connectivity index (χ1n) is 7.01. The van der Waals surface area contributed by atoms with Crippen molar-refractivity contribution in [2.24, 2.45) is 5.92 Å². The lowest BCUT2D eigenvalue weighted by Crippen LogP contribution is -2.48. The normalized spacial score (nSPS) is 21.9. The molecule has 2 N–H and O–H groups in total. The predicted octanol–water partition coefficient (Wildman–Crippen LogP) is 1.59. The first-order chi connectivity index (χ1) is 8.83. The fraction of sp³-hybridized carbons (Fsp3) is 0.643. The van der Waals surface area contributed by atoms with Crippen LogP contribution >= 0.6 is 0 Å². The van der Waals surface area contributed by atoms with Crippen LogP contribution in [0.3, 0.4) is 0 Å². The van der Waals surface area contributed by atoms with Gasteiger partial charge in [0.25, 0.3) is 0 Å². The number of pyridine rings is 1. The predicted molar refractivity (Wildman–Crippen MR) is 74.6 cm³/mol. The van der Waals surface area contributed by atoms with Gasteiger partial charge in [-0.1, -0.05) is 6.42 Å². The molecule has 0 bridgehead atoms. The van der Waals surface area contributed by atoms with Crippen LogP contribution in [0.1, 0.15) is 19.3 Å². The van der Waals surface area contributed by atoms with Crippen molar-refractivity contribution in [3.63, 3.8) is 0 Å². The van der Waals surface area contributed by atoms with Gasteiger partial charge >= 0.3 is 0 Å². The zero-order valence-corrected chi connectivity index (χ0v) is 10.9. The highest BCUT2D eigenvalue weighted by Gasteiger charge is 2.24. The Morgan fingerprint density at radius 3 is 2.61 bits per heavy atom. The number of nitrogen functional groups attached to an aromatic ring is 1. The van der Waals surface area contributed by atoms with Crippen molar-refractivity contribution in [3.05, 3.63) is 18.3 Å². The second-order valence-corrected chi connectivity index (χ2v) is 5.50.